The fraction of sp³-hybridized carbons (Fsp3) is 0.0909. The molecule has 4 nitrogen and oxygen atoms in total. The van der Waals surface area contributed by atoms with Crippen molar-refractivity contribution in [2.24, 2.45) is 0 Å². The van der Waals surface area contributed by atoms with Crippen molar-refractivity contribution in [3.8, 4) is 5.75 Å². The van der Waals surface area contributed by atoms with E-state index in [9.17, 15) is 9.59 Å². The Morgan fingerprint density at radius 3 is 2.81 bits per heavy atom. The number of fused-ring (bicyclic) bond motifs is 1. The summed E-state index contributed by atoms with van der Waals surface area (Å²) in [4.78, 5) is 22.0. The van der Waals surface area contributed by atoms with E-state index in [0.717, 1.165) is 5.39 Å². The van der Waals surface area contributed by atoms with Gasteiger partial charge >= 0.3 is 11.6 Å². The van der Waals surface area contributed by atoms with E-state index in [1.165, 1.54) is 13.0 Å². The molecule has 0 aliphatic rings. The minimum atomic E-state index is -0.465. The second-order valence-electron chi connectivity index (χ2n) is 3.18. The predicted molar refractivity (Wildman–Crippen MR) is 61.5 cm³/mol. The molecule has 0 saturated carbocycles. The lowest BCUT2D eigenvalue weighted by Crippen LogP contribution is -2.02. The maximum atomic E-state index is 11.2. The smallest absolute Gasteiger partial charge is 0.350 e. The van der Waals surface area contributed by atoms with Crippen LogP contribution in [0.15, 0.2) is 37.9 Å². The van der Waals surface area contributed by atoms with Crippen LogP contribution >= 0.6 is 15.9 Å². The van der Waals surface area contributed by atoms with Crippen molar-refractivity contribution in [1.82, 2.24) is 0 Å². The van der Waals surface area contributed by atoms with Crippen molar-refractivity contribution in [1.29, 1.82) is 0 Å². The molecule has 0 unspecified atom stereocenters. The van der Waals surface area contributed by atoms with E-state index in [0.29, 0.717) is 15.8 Å². The van der Waals surface area contributed by atoms with E-state index in [-0.39, 0.29) is 0 Å². The van der Waals surface area contributed by atoms with Gasteiger partial charge in [0, 0.05) is 18.4 Å². The van der Waals surface area contributed by atoms with Gasteiger partial charge < -0.3 is 9.15 Å². The number of carbonyl (C=O) groups excluding carboxylic acids is 1. The van der Waals surface area contributed by atoms with Gasteiger partial charge in [-0.3, -0.25) is 4.79 Å². The van der Waals surface area contributed by atoms with Gasteiger partial charge in [0.25, 0.3) is 0 Å². The average molecular weight is 283 g/mol. The molecule has 5 heteroatoms. The summed E-state index contributed by atoms with van der Waals surface area (Å²) < 4.78 is 10.3. The van der Waals surface area contributed by atoms with E-state index < -0.39 is 11.6 Å². The van der Waals surface area contributed by atoms with E-state index in [1.807, 2.05) is 0 Å². The van der Waals surface area contributed by atoms with Gasteiger partial charge in [0.1, 0.15) is 15.8 Å². The van der Waals surface area contributed by atoms with Crippen molar-refractivity contribution in [2.75, 3.05) is 0 Å². The summed E-state index contributed by atoms with van der Waals surface area (Å²) in [7, 11) is 0. The first-order valence-corrected chi connectivity index (χ1v) is 5.27. The van der Waals surface area contributed by atoms with Crippen LogP contribution < -0.4 is 10.4 Å². The first-order valence-electron chi connectivity index (χ1n) is 4.48. The Bertz CT molecular complexity index is 615. The highest BCUT2D eigenvalue weighted by Crippen LogP contribution is 2.21. The Hall–Kier alpha value is -1.62. The summed E-state index contributed by atoms with van der Waals surface area (Å²) >= 11 is 3.08. The topological polar surface area (TPSA) is 56.5 Å². The second-order valence-corrected chi connectivity index (χ2v) is 4.03. The lowest BCUT2D eigenvalue weighted by molar-refractivity contribution is -0.131. The molecule has 2 aromatic rings. The number of carbonyl (C=O) groups is 1. The summed E-state index contributed by atoms with van der Waals surface area (Å²) in [5.41, 5.74) is -0.0839. The van der Waals surface area contributed by atoms with Gasteiger partial charge in [-0.25, -0.2) is 4.79 Å². The maximum absolute atomic E-state index is 11.2. The van der Waals surface area contributed by atoms with Crippen LogP contribution in [0.4, 0.5) is 0 Å². The fourth-order valence-electron chi connectivity index (χ4n) is 1.30. The molecule has 0 radical (unpaired) electrons. The molecule has 0 bridgehead atoms. The van der Waals surface area contributed by atoms with Crippen LogP contribution in [0, 0.1) is 0 Å². The van der Waals surface area contributed by atoms with Crippen LogP contribution in [-0.4, -0.2) is 5.97 Å². The monoisotopic (exact) mass is 282 g/mol. The summed E-state index contributed by atoms with van der Waals surface area (Å²) in [5, 5.41) is 0.752. The number of benzene rings is 1. The van der Waals surface area contributed by atoms with E-state index in [2.05, 4.69) is 15.9 Å². The number of rotatable bonds is 1. The molecular formula is C11H7BrO4. The van der Waals surface area contributed by atoms with Gasteiger partial charge in [-0.2, -0.15) is 0 Å². The van der Waals surface area contributed by atoms with E-state index >= 15 is 0 Å². The van der Waals surface area contributed by atoms with Crippen LogP contribution in [0.25, 0.3) is 11.0 Å². The van der Waals surface area contributed by atoms with E-state index in [4.69, 9.17) is 9.15 Å². The molecule has 0 atom stereocenters. The van der Waals surface area contributed by atoms with Crippen LogP contribution in [-0.2, 0) is 4.79 Å². The quantitative estimate of drug-likeness (QED) is 0.458. The van der Waals surface area contributed by atoms with Crippen molar-refractivity contribution in [3.05, 3.63) is 39.2 Å². The van der Waals surface area contributed by atoms with Gasteiger partial charge in [0.15, 0.2) is 0 Å². The summed E-state index contributed by atoms with van der Waals surface area (Å²) in [6.45, 7) is 1.31. The van der Waals surface area contributed by atoms with Gasteiger partial charge in [0.2, 0.25) is 0 Å². The maximum Gasteiger partial charge on any atom is 0.350 e. The first kappa shape index (κ1) is 10.9. The molecule has 16 heavy (non-hydrogen) atoms. The number of ether oxygens (including phenoxy) is 1. The molecular weight excluding hydrogens is 276 g/mol. The largest absolute Gasteiger partial charge is 0.427 e. The first-order chi connectivity index (χ1) is 7.56. The third-order valence-corrected chi connectivity index (χ3v) is 2.48. The van der Waals surface area contributed by atoms with Gasteiger partial charge in [0.05, 0.1) is 0 Å². The SMILES string of the molecule is CC(=O)Oc1ccc2cc(Br)c(=O)oc2c1. The highest BCUT2D eigenvalue weighted by atomic mass is 79.9. The lowest BCUT2D eigenvalue weighted by atomic mass is 10.2. The van der Waals surface area contributed by atoms with Crippen molar-refractivity contribution >= 4 is 32.9 Å². The summed E-state index contributed by atoms with van der Waals surface area (Å²) in [6.07, 6.45) is 0. The highest BCUT2D eigenvalue weighted by molar-refractivity contribution is 9.10. The van der Waals surface area contributed by atoms with Crippen LogP contribution in [0.1, 0.15) is 6.92 Å². The molecule has 1 aromatic carbocycles. The Morgan fingerprint density at radius 2 is 2.12 bits per heavy atom. The van der Waals surface area contributed by atoms with Gasteiger partial charge in [-0.05, 0) is 34.1 Å². The predicted octanol–water partition coefficient (Wildman–Crippen LogP) is 2.48. The van der Waals surface area contributed by atoms with Crippen LogP contribution in [0.2, 0.25) is 0 Å². The molecule has 0 fully saturated rings. The minimum Gasteiger partial charge on any atom is -0.427 e. The zero-order chi connectivity index (χ0) is 11.7. The minimum absolute atomic E-state index is 0.352. The molecule has 0 saturated heterocycles. The van der Waals surface area contributed by atoms with Crippen LogP contribution in [0.5, 0.6) is 5.75 Å². The molecule has 2 rings (SSSR count). The second kappa shape index (κ2) is 4.09. The molecule has 0 aliphatic carbocycles. The molecule has 0 aliphatic heterocycles. The zero-order valence-electron chi connectivity index (χ0n) is 8.32. The Labute approximate surface area is 99.0 Å². The number of hydrogen-bond acceptors (Lipinski definition) is 4. The molecule has 1 aromatic heterocycles. The van der Waals surface area contributed by atoms with Crippen molar-refractivity contribution < 1.29 is 13.9 Å². The van der Waals surface area contributed by atoms with E-state index in [1.54, 1.807) is 18.2 Å². The van der Waals surface area contributed by atoms with Crippen molar-refractivity contribution in [3.63, 3.8) is 0 Å². The third-order valence-electron chi connectivity index (χ3n) is 1.93. The summed E-state index contributed by atoms with van der Waals surface area (Å²) in [6, 6.07) is 6.50. The molecule has 0 spiro atoms. The van der Waals surface area contributed by atoms with Crippen LogP contribution in [0.3, 0.4) is 0 Å². The Morgan fingerprint density at radius 1 is 1.38 bits per heavy atom. The average Bonchev–Trinajstić information content (AvgIpc) is 2.19. The molecule has 0 N–H and O–H groups in total. The van der Waals surface area contributed by atoms with Gasteiger partial charge in [-0.15, -0.1) is 0 Å². The molecule has 1 heterocycles. The van der Waals surface area contributed by atoms with Crippen molar-refractivity contribution in [2.45, 2.75) is 6.92 Å². The third kappa shape index (κ3) is 2.14. The molecule has 0 amide bonds. The standard InChI is InChI=1S/C11H7BrO4/c1-6(13)15-8-3-2-7-4-9(12)11(14)16-10(7)5-8/h2-5H,1H3. The number of hydrogen-bond donors (Lipinski definition) is 0. The Kier molecular flexibility index (Phi) is 2.78. The normalized spacial score (nSPS) is 10.4. The highest BCUT2D eigenvalue weighted by Gasteiger charge is 2.05. The Balaban J connectivity index is 2.57. The zero-order valence-corrected chi connectivity index (χ0v) is 9.91. The lowest BCUT2D eigenvalue weighted by Gasteiger charge is -2.02. The number of halogens is 1. The number of esters is 1. The molecule has 82 valence electrons. The van der Waals surface area contributed by atoms with Gasteiger partial charge in [-0.1, -0.05) is 0 Å². The fourth-order valence-corrected chi connectivity index (χ4v) is 1.62. The summed E-state index contributed by atoms with van der Waals surface area (Å²) in [5.74, 6) is -0.0655.